The Morgan fingerprint density at radius 3 is 2.47 bits per heavy atom. The first-order chi connectivity index (χ1) is 15.4. The topological polar surface area (TPSA) is 61.9 Å². The lowest BCUT2D eigenvalue weighted by Gasteiger charge is -2.24. The third-order valence-corrected chi connectivity index (χ3v) is 6.54. The number of carbonyl (C=O) groups excluding carboxylic acids is 2. The summed E-state index contributed by atoms with van der Waals surface area (Å²) in [7, 11) is 1.66. The van der Waals surface area contributed by atoms with Gasteiger partial charge in [0.2, 0.25) is 11.8 Å². The highest BCUT2D eigenvalue weighted by Gasteiger charge is 2.24. The van der Waals surface area contributed by atoms with E-state index in [-0.39, 0.29) is 28.6 Å². The molecule has 1 heterocycles. The highest BCUT2D eigenvalue weighted by atomic mass is 32.2. The number of nitrogens with zero attached hydrogens (tertiary/aromatic N) is 2. The number of rotatable bonds is 8. The van der Waals surface area contributed by atoms with E-state index in [1.54, 1.807) is 7.11 Å². The summed E-state index contributed by atoms with van der Waals surface area (Å²) < 4.78 is 18.2. The molecule has 1 aliphatic rings. The SMILES string of the molecule is COc1ccc(CN2CCCN(C(=O)C(C)SCC(=O)Nc3ccc(F)cc3)CC2)cc1. The van der Waals surface area contributed by atoms with Crippen LogP contribution < -0.4 is 10.1 Å². The summed E-state index contributed by atoms with van der Waals surface area (Å²) in [5, 5.41) is 2.42. The molecule has 2 aromatic carbocycles. The zero-order chi connectivity index (χ0) is 22.9. The second-order valence-electron chi connectivity index (χ2n) is 7.81. The predicted octanol–water partition coefficient (Wildman–Crippen LogP) is 3.63. The molecule has 0 aliphatic carbocycles. The molecule has 1 aliphatic heterocycles. The van der Waals surface area contributed by atoms with Crippen LogP contribution in [0, 0.1) is 5.82 Å². The van der Waals surface area contributed by atoms with Crippen LogP contribution in [0.25, 0.3) is 0 Å². The highest BCUT2D eigenvalue weighted by molar-refractivity contribution is 8.01. The first kappa shape index (κ1) is 24.1. The molecule has 1 N–H and O–H groups in total. The molecular formula is C24H30FN3O3S. The van der Waals surface area contributed by atoms with Gasteiger partial charge in [0.25, 0.3) is 0 Å². The lowest BCUT2D eigenvalue weighted by atomic mass is 10.2. The van der Waals surface area contributed by atoms with Crippen molar-refractivity contribution in [1.29, 1.82) is 0 Å². The standard InChI is InChI=1S/C24H30FN3O3S/c1-18(32-17-23(29)26-21-8-6-20(25)7-9-21)24(30)28-13-3-12-27(14-15-28)16-19-4-10-22(31-2)11-5-19/h4-11,18H,3,12-17H2,1-2H3,(H,26,29). The van der Waals surface area contributed by atoms with Gasteiger partial charge in [0, 0.05) is 38.4 Å². The lowest BCUT2D eigenvalue weighted by molar-refractivity contribution is -0.130. The van der Waals surface area contributed by atoms with Gasteiger partial charge in [-0.25, -0.2) is 4.39 Å². The van der Waals surface area contributed by atoms with E-state index in [1.807, 2.05) is 24.0 Å². The van der Waals surface area contributed by atoms with Crippen molar-refractivity contribution in [3.05, 3.63) is 59.9 Å². The van der Waals surface area contributed by atoms with Gasteiger partial charge in [-0.05, 0) is 55.3 Å². The van der Waals surface area contributed by atoms with Gasteiger partial charge in [-0.3, -0.25) is 14.5 Å². The van der Waals surface area contributed by atoms with Crippen molar-refractivity contribution >= 4 is 29.3 Å². The van der Waals surface area contributed by atoms with Gasteiger partial charge >= 0.3 is 0 Å². The third kappa shape index (κ3) is 7.24. The van der Waals surface area contributed by atoms with Crippen LogP contribution in [0.15, 0.2) is 48.5 Å². The minimum Gasteiger partial charge on any atom is -0.497 e. The van der Waals surface area contributed by atoms with Crippen LogP contribution in [-0.4, -0.2) is 65.9 Å². The number of anilines is 1. The second kappa shape index (κ2) is 11.9. The van der Waals surface area contributed by atoms with Gasteiger partial charge in [0.1, 0.15) is 11.6 Å². The molecule has 0 aromatic heterocycles. The van der Waals surface area contributed by atoms with Crippen molar-refractivity contribution in [2.75, 3.05) is 44.4 Å². The molecule has 1 fully saturated rings. The van der Waals surface area contributed by atoms with E-state index in [9.17, 15) is 14.0 Å². The summed E-state index contributed by atoms with van der Waals surface area (Å²) in [5.74, 6) is 0.524. The number of nitrogens with one attached hydrogen (secondary N) is 1. The van der Waals surface area contributed by atoms with Crippen LogP contribution in [-0.2, 0) is 16.1 Å². The van der Waals surface area contributed by atoms with Gasteiger partial charge in [-0.15, -0.1) is 11.8 Å². The summed E-state index contributed by atoms with van der Waals surface area (Å²) in [6.07, 6.45) is 0.921. The summed E-state index contributed by atoms with van der Waals surface area (Å²) in [6.45, 7) is 5.86. The molecule has 172 valence electrons. The minimum atomic E-state index is -0.350. The van der Waals surface area contributed by atoms with Crippen molar-refractivity contribution < 1.29 is 18.7 Å². The summed E-state index contributed by atoms with van der Waals surface area (Å²) in [4.78, 5) is 29.3. The van der Waals surface area contributed by atoms with E-state index in [0.29, 0.717) is 12.2 Å². The van der Waals surface area contributed by atoms with Crippen LogP contribution >= 0.6 is 11.8 Å². The molecule has 0 spiro atoms. The molecule has 2 aromatic rings. The molecule has 32 heavy (non-hydrogen) atoms. The van der Waals surface area contributed by atoms with Gasteiger partial charge < -0.3 is 15.0 Å². The van der Waals surface area contributed by atoms with E-state index >= 15 is 0 Å². The van der Waals surface area contributed by atoms with Gasteiger partial charge in [-0.1, -0.05) is 12.1 Å². The Morgan fingerprint density at radius 1 is 1.06 bits per heavy atom. The van der Waals surface area contributed by atoms with Gasteiger partial charge in [0.15, 0.2) is 0 Å². The predicted molar refractivity (Wildman–Crippen MR) is 126 cm³/mol. The molecule has 8 heteroatoms. The van der Waals surface area contributed by atoms with Crippen molar-refractivity contribution in [3.63, 3.8) is 0 Å². The summed E-state index contributed by atoms with van der Waals surface area (Å²) in [6, 6.07) is 13.7. The first-order valence-electron chi connectivity index (χ1n) is 10.8. The van der Waals surface area contributed by atoms with Crippen LogP contribution in [0.2, 0.25) is 0 Å². The highest BCUT2D eigenvalue weighted by Crippen LogP contribution is 2.18. The van der Waals surface area contributed by atoms with E-state index in [4.69, 9.17) is 4.74 Å². The molecule has 1 saturated heterocycles. The van der Waals surface area contributed by atoms with E-state index in [2.05, 4.69) is 22.3 Å². The number of amides is 2. The number of ether oxygens (including phenoxy) is 1. The zero-order valence-electron chi connectivity index (χ0n) is 18.6. The maximum Gasteiger partial charge on any atom is 0.235 e. The van der Waals surface area contributed by atoms with Crippen molar-refractivity contribution in [1.82, 2.24) is 9.80 Å². The Kier molecular flexibility index (Phi) is 8.93. The van der Waals surface area contributed by atoms with Gasteiger partial charge in [0.05, 0.1) is 18.1 Å². The van der Waals surface area contributed by atoms with E-state index < -0.39 is 0 Å². The largest absolute Gasteiger partial charge is 0.497 e. The molecule has 1 unspecified atom stereocenters. The Balaban J connectivity index is 1.42. The molecule has 2 amide bonds. The number of thioether (sulfide) groups is 1. The van der Waals surface area contributed by atoms with Crippen molar-refractivity contribution in [2.45, 2.75) is 25.1 Å². The van der Waals surface area contributed by atoms with Crippen LogP contribution in [0.5, 0.6) is 5.75 Å². The van der Waals surface area contributed by atoms with E-state index in [1.165, 1.54) is 41.6 Å². The quantitative estimate of drug-likeness (QED) is 0.653. The lowest BCUT2D eigenvalue weighted by Crippen LogP contribution is -2.39. The normalized spacial score (nSPS) is 15.7. The number of hydrogen-bond acceptors (Lipinski definition) is 5. The van der Waals surface area contributed by atoms with Gasteiger partial charge in [-0.2, -0.15) is 0 Å². The average molecular weight is 460 g/mol. The smallest absolute Gasteiger partial charge is 0.235 e. The van der Waals surface area contributed by atoms with Crippen molar-refractivity contribution in [2.24, 2.45) is 0 Å². The molecule has 1 atom stereocenters. The average Bonchev–Trinajstić information content (AvgIpc) is 3.04. The minimum absolute atomic E-state index is 0.0656. The molecule has 6 nitrogen and oxygen atoms in total. The number of halogens is 1. The Labute approximate surface area is 193 Å². The number of benzene rings is 2. The zero-order valence-corrected chi connectivity index (χ0v) is 19.4. The van der Waals surface area contributed by atoms with Crippen LogP contribution in [0.1, 0.15) is 18.9 Å². The Morgan fingerprint density at radius 2 is 1.78 bits per heavy atom. The van der Waals surface area contributed by atoms with E-state index in [0.717, 1.165) is 38.3 Å². The maximum atomic E-state index is 13.0. The Bertz CT molecular complexity index is 892. The molecule has 0 bridgehead atoms. The summed E-state index contributed by atoms with van der Waals surface area (Å²) in [5.41, 5.74) is 1.77. The Hall–Kier alpha value is -2.58. The first-order valence-corrected chi connectivity index (χ1v) is 11.8. The fraction of sp³-hybridized carbons (Fsp3) is 0.417. The fourth-order valence-electron chi connectivity index (χ4n) is 3.60. The monoisotopic (exact) mass is 459 g/mol. The summed E-state index contributed by atoms with van der Waals surface area (Å²) >= 11 is 1.32. The molecular weight excluding hydrogens is 429 g/mol. The number of methoxy groups -OCH3 is 1. The van der Waals surface area contributed by atoms with Crippen molar-refractivity contribution in [3.8, 4) is 5.75 Å². The molecule has 0 radical (unpaired) electrons. The third-order valence-electron chi connectivity index (χ3n) is 5.41. The van der Waals surface area contributed by atoms with Crippen LogP contribution in [0.3, 0.4) is 0 Å². The number of hydrogen-bond donors (Lipinski definition) is 1. The van der Waals surface area contributed by atoms with Crippen LogP contribution in [0.4, 0.5) is 10.1 Å². The fourth-order valence-corrected chi connectivity index (χ4v) is 4.36. The molecule has 0 saturated carbocycles. The molecule has 3 rings (SSSR count). The second-order valence-corrected chi connectivity index (χ2v) is 9.14. The number of carbonyl (C=O) groups is 2. The maximum absolute atomic E-state index is 13.0.